The highest BCUT2D eigenvalue weighted by atomic mass is 16.5. The van der Waals surface area contributed by atoms with Crippen molar-refractivity contribution in [2.75, 3.05) is 14.2 Å². The summed E-state index contributed by atoms with van der Waals surface area (Å²) in [5.74, 6) is -0.627. The predicted octanol–water partition coefficient (Wildman–Crippen LogP) is 1.53. The van der Waals surface area contributed by atoms with Crippen LogP contribution >= 0.6 is 0 Å². The fraction of sp³-hybridized carbons (Fsp3) is 0.833. The van der Waals surface area contributed by atoms with Crippen LogP contribution < -0.4 is 11.1 Å². The van der Waals surface area contributed by atoms with Crippen molar-refractivity contribution < 1.29 is 23.9 Å². The number of nitrogens with one attached hydrogen (secondary N) is 1. The summed E-state index contributed by atoms with van der Waals surface area (Å²) in [6.07, 6.45) is 7.90. The molecule has 0 aromatic heterocycles. The molecule has 0 aliphatic heterocycles. The normalized spacial score (nSPS) is 28.8. The predicted molar refractivity (Wildman–Crippen MR) is 93.5 cm³/mol. The van der Waals surface area contributed by atoms with Gasteiger partial charge in [0.15, 0.2) is 0 Å². The molecular weight excluding hydrogens is 324 g/mol. The minimum absolute atomic E-state index is 0.0243. The van der Waals surface area contributed by atoms with Gasteiger partial charge in [-0.05, 0) is 25.7 Å². The van der Waals surface area contributed by atoms with E-state index in [2.05, 4.69) is 10.1 Å². The van der Waals surface area contributed by atoms with E-state index in [-0.39, 0.29) is 41.8 Å². The van der Waals surface area contributed by atoms with E-state index in [1.54, 1.807) is 0 Å². The lowest BCUT2D eigenvalue weighted by atomic mass is 9.84. The molecule has 7 heteroatoms. The Bertz CT molecular complexity index is 455. The standard InChI is InChI=1S/C10H17NO3.C8H15NO2/c1-7(12)11-9-6-4-3-5-8(9)10(13)14-2;1-11-8(10)6-4-2-3-5-7(6)9/h8-9H,3-6H2,1-2H3,(H,11,12);6-7H,2-5,9H2,1H3/t8-,9-;6-,7-/m10/s1. The smallest absolute Gasteiger partial charge is 0.310 e. The van der Waals surface area contributed by atoms with Crippen LogP contribution in [0.3, 0.4) is 0 Å². The largest absolute Gasteiger partial charge is 0.469 e. The highest BCUT2D eigenvalue weighted by Gasteiger charge is 2.32. The molecule has 0 heterocycles. The third-order valence-corrected chi connectivity index (χ3v) is 4.98. The zero-order valence-electron chi connectivity index (χ0n) is 15.6. The van der Waals surface area contributed by atoms with E-state index >= 15 is 0 Å². The topological polar surface area (TPSA) is 108 Å². The molecule has 0 aromatic carbocycles. The van der Waals surface area contributed by atoms with Gasteiger partial charge in [0, 0.05) is 19.0 Å². The number of esters is 2. The van der Waals surface area contributed by atoms with Crippen LogP contribution in [0.5, 0.6) is 0 Å². The molecular formula is C18H32N2O5. The maximum absolute atomic E-state index is 11.4. The molecule has 2 aliphatic rings. The Morgan fingerprint density at radius 2 is 1.32 bits per heavy atom. The lowest BCUT2D eigenvalue weighted by Crippen LogP contribution is -2.44. The number of carbonyl (C=O) groups excluding carboxylic acids is 3. The second kappa shape index (κ2) is 11.1. The van der Waals surface area contributed by atoms with E-state index in [4.69, 9.17) is 10.5 Å². The lowest BCUT2D eigenvalue weighted by Gasteiger charge is -2.29. The molecule has 4 atom stereocenters. The van der Waals surface area contributed by atoms with Crippen molar-refractivity contribution in [2.45, 2.75) is 70.4 Å². The molecule has 25 heavy (non-hydrogen) atoms. The number of methoxy groups -OCH3 is 2. The number of rotatable bonds is 3. The van der Waals surface area contributed by atoms with Gasteiger partial charge < -0.3 is 20.5 Å². The van der Waals surface area contributed by atoms with Crippen LogP contribution in [0.1, 0.15) is 58.3 Å². The van der Waals surface area contributed by atoms with Crippen LogP contribution in [0.4, 0.5) is 0 Å². The first-order valence-electron chi connectivity index (χ1n) is 9.09. The van der Waals surface area contributed by atoms with E-state index in [9.17, 15) is 14.4 Å². The second-order valence-electron chi connectivity index (χ2n) is 6.80. The summed E-state index contributed by atoms with van der Waals surface area (Å²) >= 11 is 0. The molecule has 3 N–H and O–H groups in total. The van der Waals surface area contributed by atoms with Crippen molar-refractivity contribution in [3.63, 3.8) is 0 Å². The lowest BCUT2D eigenvalue weighted by molar-refractivity contribution is -0.148. The Morgan fingerprint density at radius 3 is 1.84 bits per heavy atom. The molecule has 0 spiro atoms. The maximum Gasteiger partial charge on any atom is 0.310 e. The molecule has 2 aliphatic carbocycles. The Kier molecular flexibility index (Phi) is 9.49. The van der Waals surface area contributed by atoms with Gasteiger partial charge in [0.25, 0.3) is 0 Å². The second-order valence-corrected chi connectivity index (χ2v) is 6.80. The summed E-state index contributed by atoms with van der Waals surface area (Å²) in [6, 6.07) is -0.00935. The summed E-state index contributed by atoms with van der Waals surface area (Å²) in [6.45, 7) is 1.48. The van der Waals surface area contributed by atoms with Gasteiger partial charge in [-0.2, -0.15) is 0 Å². The Hall–Kier alpha value is -1.63. The summed E-state index contributed by atoms with van der Waals surface area (Å²) < 4.78 is 9.35. The van der Waals surface area contributed by atoms with Crippen molar-refractivity contribution >= 4 is 17.8 Å². The number of hydrogen-bond acceptors (Lipinski definition) is 6. The van der Waals surface area contributed by atoms with Crippen LogP contribution in [0.25, 0.3) is 0 Å². The fourth-order valence-electron chi connectivity index (χ4n) is 3.60. The maximum atomic E-state index is 11.4. The van der Waals surface area contributed by atoms with Crippen molar-refractivity contribution in [2.24, 2.45) is 17.6 Å². The minimum Gasteiger partial charge on any atom is -0.469 e. The first-order chi connectivity index (χ1) is 11.9. The summed E-state index contributed by atoms with van der Waals surface area (Å²) in [7, 11) is 2.81. The van der Waals surface area contributed by atoms with Gasteiger partial charge in [-0.1, -0.05) is 25.7 Å². The molecule has 2 saturated carbocycles. The Labute approximate surface area is 150 Å². The Morgan fingerprint density at radius 1 is 0.840 bits per heavy atom. The van der Waals surface area contributed by atoms with Crippen LogP contribution in [0.2, 0.25) is 0 Å². The van der Waals surface area contributed by atoms with Crippen LogP contribution in [-0.4, -0.2) is 44.1 Å². The molecule has 0 unspecified atom stereocenters. The quantitative estimate of drug-likeness (QED) is 0.743. The average Bonchev–Trinajstić information content (AvgIpc) is 2.61. The van der Waals surface area contributed by atoms with Gasteiger partial charge in [-0.25, -0.2) is 0 Å². The SMILES string of the molecule is COC(=O)[C@@H]1CCCC[C@H]1NC(C)=O.COC(=O)[C@H]1CCCC[C@@H]1N. The van der Waals surface area contributed by atoms with Gasteiger partial charge in [0.2, 0.25) is 5.91 Å². The first-order valence-corrected chi connectivity index (χ1v) is 9.09. The van der Waals surface area contributed by atoms with E-state index in [1.807, 2.05) is 0 Å². The molecule has 1 amide bonds. The van der Waals surface area contributed by atoms with Crippen molar-refractivity contribution in [1.82, 2.24) is 5.32 Å². The minimum atomic E-state index is -0.205. The van der Waals surface area contributed by atoms with Gasteiger partial charge in [-0.15, -0.1) is 0 Å². The number of nitrogens with two attached hydrogens (primary N) is 1. The van der Waals surface area contributed by atoms with Gasteiger partial charge in [0.05, 0.1) is 26.1 Å². The van der Waals surface area contributed by atoms with Crippen LogP contribution in [0, 0.1) is 11.8 Å². The van der Waals surface area contributed by atoms with E-state index in [0.29, 0.717) is 0 Å². The number of ether oxygens (including phenoxy) is 2. The molecule has 0 radical (unpaired) electrons. The first kappa shape index (κ1) is 21.4. The van der Waals surface area contributed by atoms with Crippen LogP contribution in [0.15, 0.2) is 0 Å². The third-order valence-electron chi connectivity index (χ3n) is 4.98. The molecule has 144 valence electrons. The highest BCUT2D eigenvalue weighted by Crippen LogP contribution is 2.25. The number of hydrogen-bond donors (Lipinski definition) is 2. The van der Waals surface area contributed by atoms with Crippen molar-refractivity contribution in [3.8, 4) is 0 Å². The van der Waals surface area contributed by atoms with Crippen molar-refractivity contribution in [3.05, 3.63) is 0 Å². The molecule has 0 aromatic rings. The number of carbonyl (C=O) groups is 3. The van der Waals surface area contributed by atoms with Crippen LogP contribution in [-0.2, 0) is 23.9 Å². The van der Waals surface area contributed by atoms with Crippen molar-refractivity contribution in [1.29, 1.82) is 0 Å². The Balaban J connectivity index is 0.000000257. The fourth-order valence-corrected chi connectivity index (χ4v) is 3.60. The highest BCUT2D eigenvalue weighted by molar-refractivity contribution is 5.77. The number of amides is 1. The third kappa shape index (κ3) is 7.02. The molecule has 7 nitrogen and oxygen atoms in total. The van der Waals surface area contributed by atoms with E-state index in [0.717, 1.165) is 51.4 Å². The molecule has 2 rings (SSSR count). The summed E-state index contributed by atoms with van der Waals surface area (Å²) in [5, 5.41) is 2.81. The molecule has 2 fully saturated rings. The van der Waals surface area contributed by atoms with Gasteiger partial charge in [0.1, 0.15) is 0 Å². The zero-order valence-corrected chi connectivity index (χ0v) is 15.6. The van der Waals surface area contributed by atoms with Gasteiger partial charge >= 0.3 is 11.9 Å². The summed E-state index contributed by atoms with van der Waals surface area (Å²) in [5.41, 5.74) is 5.75. The average molecular weight is 356 g/mol. The van der Waals surface area contributed by atoms with E-state index < -0.39 is 0 Å². The van der Waals surface area contributed by atoms with E-state index in [1.165, 1.54) is 21.1 Å². The molecule has 0 bridgehead atoms. The zero-order chi connectivity index (χ0) is 18.8. The summed E-state index contributed by atoms with van der Waals surface area (Å²) in [4.78, 5) is 33.4. The molecule has 0 saturated heterocycles. The monoisotopic (exact) mass is 356 g/mol. The van der Waals surface area contributed by atoms with Gasteiger partial charge in [-0.3, -0.25) is 14.4 Å².